The summed E-state index contributed by atoms with van der Waals surface area (Å²) < 4.78 is 6.71. The van der Waals surface area contributed by atoms with Crippen molar-refractivity contribution in [3.8, 4) is 22.8 Å². The first kappa shape index (κ1) is 22.6. The number of hydrogen-bond acceptors (Lipinski definition) is 9. The molecule has 0 atom stereocenters. The minimum Gasteiger partial charge on any atom is -0.503 e. The molecule has 0 radical (unpaired) electrons. The molecule has 5 rings (SSSR count). The number of aliphatic hydroxyl groups is 1. The number of rotatable bonds is 5. The molecule has 0 aromatic carbocycles. The average molecular weight is 460 g/mol. The van der Waals surface area contributed by atoms with E-state index >= 15 is 0 Å². The fourth-order valence-electron chi connectivity index (χ4n) is 3.12. The second-order valence-electron chi connectivity index (χ2n) is 7.34. The van der Waals surface area contributed by atoms with Gasteiger partial charge < -0.3 is 19.8 Å². The van der Waals surface area contributed by atoms with E-state index in [0.29, 0.717) is 29.7 Å². The highest BCUT2D eigenvalue weighted by molar-refractivity contribution is 5.91. The Morgan fingerprint density at radius 2 is 1.88 bits per heavy atom. The molecule has 34 heavy (non-hydrogen) atoms. The predicted octanol–water partition coefficient (Wildman–Crippen LogP) is 3.44. The highest BCUT2D eigenvalue weighted by atomic mass is 16.5. The number of anilines is 2. The molecule has 5 heterocycles. The first-order valence-electron chi connectivity index (χ1n) is 10.7. The summed E-state index contributed by atoms with van der Waals surface area (Å²) in [5, 5.41) is 20.2. The number of carbonyl (C=O) groups excluding carboxylic acids is 1. The number of nitrogens with zero attached hydrogens (tertiary/aromatic N) is 7. The molecule has 0 bridgehead atoms. The molecule has 0 aliphatic carbocycles. The lowest BCUT2D eigenvalue weighted by Crippen LogP contribution is -2.31. The maximum Gasteiger partial charge on any atom is 0.288 e. The Balaban J connectivity index is 0.000000257. The molecule has 11 heteroatoms. The van der Waals surface area contributed by atoms with E-state index in [1.54, 1.807) is 25.4 Å². The van der Waals surface area contributed by atoms with E-state index in [1.165, 1.54) is 11.2 Å². The Hall–Kier alpha value is -4.54. The summed E-state index contributed by atoms with van der Waals surface area (Å²) in [6.07, 6.45) is 7.41. The molecule has 0 saturated carbocycles. The summed E-state index contributed by atoms with van der Waals surface area (Å²) in [6, 6.07) is 11.1. The van der Waals surface area contributed by atoms with Crippen molar-refractivity contribution in [3.05, 3.63) is 66.9 Å². The van der Waals surface area contributed by atoms with Gasteiger partial charge >= 0.3 is 0 Å². The normalized spacial score (nSPS) is 13.2. The molecule has 1 aliphatic heterocycles. The van der Waals surface area contributed by atoms with E-state index in [9.17, 15) is 4.79 Å². The molecule has 11 nitrogen and oxygen atoms in total. The zero-order chi connectivity index (χ0) is 23.9. The number of nitrogens with one attached hydrogen (secondary N) is 1. The minimum absolute atomic E-state index is 0.122. The lowest BCUT2D eigenvalue weighted by molar-refractivity contribution is -0.129. The van der Waals surface area contributed by atoms with Crippen molar-refractivity contribution in [2.24, 2.45) is 0 Å². The van der Waals surface area contributed by atoms with Crippen molar-refractivity contribution in [2.75, 3.05) is 18.9 Å². The van der Waals surface area contributed by atoms with E-state index in [4.69, 9.17) is 9.63 Å². The van der Waals surface area contributed by atoms with E-state index in [0.717, 1.165) is 24.4 Å². The van der Waals surface area contributed by atoms with Gasteiger partial charge in [-0.15, -0.1) is 0 Å². The number of aliphatic hydroxyl groups excluding tert-OH is 1. The zero-order valence-corrected chi connectivity index (χ0v) is 18.8. The van der Waals surface area contributed by atoms with E-state index in [-0.39, 0.29) is 11.7 Å². The lowest BCUT2D eigenvalue weighted by Gasteiger charge is -2.19. The van der Waals surface area contributed by atoms with Gasteiger partial charge in [0.25, 0.3) is 5.91 Å². The number of carbonyl (C=O) groups is 1. The fraction of sp³-hybridized carbons (Fsp3) is 0.217. The molecular weight excluding hydrogens is 436 g/mol. The van der Waals surface area contributed by atoms with Crippen LogP contribution < -0.4 is 5.32 Å². The molecule has 0 saturated heterocycles. The lowest BCUT2D eigenvalue weighted by atomic mass is 10.2. The third-order valence-electron chi connectivity index (χ3n) is 4.94. The number of aryl methyl sites for hydroxylation is 1. The Bertz CT molecular complexity index is 1280. The zero-order valence-electron chi connectivity index (χ0n) is 18.8. The molecule has 0 unspecified atom stereocenters. The van der Waals surface area contributed by atoms with Crippen LogP contribution in [0.5, 0.6) is 0 Å². The largest absolute Gasteiger partial charge is 0.503 e. The first-order chi connectivity index (χ1) is 16.5. The molecule has 0 spiro atoms. The Morgan fingerprint density at radius 3 is 2.56 bits per heavy atom. The maximum absolute atomic E-state index is 10.7. The molecule has 1 amide bonds. The van der Waals surface area contributed by atoms with Gasteiger partial charge in [0.1, 0.15) is 12.0 Å². The number of pyridine rings is 1. The molecule has 174 valence electrons. The predicted molar refractivity (Wildman–Crippen MR) is 125 cm³/mol. The summed E-state index contributed by atoms with van der Waals surface area (Å²) in [4.78, 5) is 25.6. The molecule has 1 aliphatic rings. The van der Waals surface area contributed by atoms with Gasteiger partial charge in [-0.05, 0) is 37.6 Å². The summed E-state index contributed by atoms with van der Waals surface area (Å²) >= 11 is 0. The Morgan fingerprint density at radius 1 is 1.09 bits per heavy atom. The number of likely N-dealkylation sites (N-methyl/N-ethyl adjacent to an activating group) is 1. The third-order valence-corrected chi connectivity index (χ3v) is 4.94. The molecule has 4 aromatic heterocycles. The van der Waals surface area contributed by atoms with Crippen LogP contribution in [0.15, 0.2) is 71.4 Å². The van der Waals surface area contributed by atoms with Gasteiger partial charge in [0.05, 0.1) is 17.1 Å². The maximum atomic E-state index is 10.7. The van der Waals surface area contributed by atoms with Gasteiger partial charge in [0, 0.05) is 44.7 Å². The van der Waals surface area contributed by atoms with Gasteiger partial charge in [-0.1, -0.05) is 11.2 Å². The van der Waals surface area contributed by atoms with Crippen LogP contribution in [0.1, 0.15) is 13.3 Å². The highest BCUT2D eigenvalue weighted by Gasteiger charge is 2.16. The van der Waals surface area contributed by atoms with Crippen LogP contribution in [-0.2, 0) is 11.3 Å². The second-order valence-corrected chi connectivity index (χ2v) is 7.34. The number of aromatic nitrogens is 6. The molecule has 2 N–H and O–H groups in total. The summed E-state index contributed by atoms with van der Waals surface area (Å²) in [7, 11) is 1.67. The van der Waals surface area contributed by atoms with Crippen molar-refractivity contribution in [3.63, 3.8) is 0 Å². The summed E-state index contributed by atoms with van der Waals surface area (Å²) in [5.41, 5.74) is 2.84. The van der Waals surface area contributed by atoms with Gasteiger partial charge in [-0.25, -0.2) is 15.0 Å². The molecule has 0 fully saturated rings. The summed E-state index contributed by atoms with van der Waals surface area (Å²) in [6.45, 7) is 3.55. The van der Waals surface area contributed by atoms with Gasteiger partial charge in [-0.2, -0.15) is 5.10 Å². The van der Waals surface area contributed by atoms with Crippen molar-refractivity contribution >= 4 is 17.7 Å². The van der Waals surface area contributed by atoms with Crippen LogP contribution in [0.3, 0.4) is 0 Å². The first-order valence-corrected chi connectivity index (χ1v) is 10.7. The molecule has 4 aromatic rings. The second kappa shape index (κ2) is 10.4. The number of amides is 1. The Labute approximate surface area is 195 Å². The quantitative estimate of drug-likeness (QED) is 0.459. The SMILES string of the molecule is CCn1ccc(Nc2nccc(-c3cccc(-c4ccon4)n3)n2)n1.CN1CCC=C(O)C1=O. The smallest absolute Gasteiger partial charge is 0.288 e. The summed E-state index contributed by atoms with van der Waals surface area (Å²) in [5.74, 6) is 0.765. The van der Waals surface area contributed by atoms with E-state index in [1.807, 2.05) is 48.1 Å². The van der Waals surface area contributed by atoms with E-state index in [2.05, 4.69) is 30.5 Å². The standard InChI is InChI=1S/C17H15N7O.C6H9NO2/c1-2-24-10-7-16(22-24)21-17-18-9-6-14(20-17)12-4-3-5-13(19-12)15-8-11-25-23-15;1-7-4-2-3-5(8)6(7)9/h3-11H,2H2,1H3,(H,18,20,21,22);3,8H,2,4H2,1H3. The van der Waals surface area contributed by atoms with Gasteiger partial charge in [0.2, 0.25) is 5.95 Å². The van der Waals surface area contributed by atoms with Crippen LogP contribution in [0.2, 0.25) is 0 Å². The van der Waals surface area contributed by atoms with Crippen molar-refractivity contribution < 1.29 is 14.4 Å². The van der Waals surface area contributed by atoms with Gasteiger partial charge in [-0.3, -0.25) is 9.48 Å². The van der Waals surface area contributed by atoms with Crippen molar-refractivity contribution in [1.29, 1.82) is 0 Å². The van der Waals surface area contributed by atoms with Crippen LogP contribution in [0.25, 0.3) is 22.8 Å². The molecular formula is C23H24N8O3. The van der Waals surface area contributed by atoms with Crippen molar-refractivity contribution in [2.45, 2.75) is 19.9 Å². The van der Waals surface area contributed by atoms with Crippen molar-refractivity contribution in [1.82, 2.24) is 34.8 Å². The van der Waals surface area contributed by atoms with Crippen LogP contribution in [0.4, 0.5) is 11.8 Å². The van der Waals surface area contributed by atoms with Crippen LogP contribution in [-0.4, -0.2) is 59.4 Å². The fourth-order valence-corrected chi connectivity index (χ4v) is 3.12. The minimum atomic E-state index is -0.277. The average Bonchev–Trinajstić information content (AvgIpc) is 3.56. The van der Waals surface area contributed by atoms with E-state index < -0.39 is 0 Å². The monoisotopic (exact) mass is 460 g/mol. The van der Waals surface area contributed by atoms with Crippen LogP contribution in [0, 0.1) is 0 Å². The third kappa shape index (κ3) is 5.44. The highest BCUT2D eigenvalue weighted by Crippen LogP contribution is 2.21. The van der Waals surface area contributed by atoms with Crippen LogP contribution >= 0.6 is 0 Å². The Kier molecular flexibility index (Phi) is 6.92. The number of hydrogen-bond donors (Lipinski definition) is 2. The topological polar surface area (TPSA) is 135 Å². The van der Waals surface area contributed by atoms with Gasteiger partial charge in [0.15, 0.2) is 11.6 Å².